The van der Waals surface area contributed by atoms with Crippen LogP contribution in [0, 0.1) is 0 Å². The highest BCUT2D eigenvalue weighted by Gasteiger charge is 2.36. The molecule has 33 heavy (non-hydrogen) atoms. The standard InChI is InChI=1S/C21H30N8O3S/c1-2-33(30,31)28-6-3-4-16(14-28)29-7-5-17-18(15-12-23-20(22)24-13-15)25-21(26-19(17)29)27-8-10-32-11-9-27/h12-13,16H,2-11,14H2,1H3,(H2,22,23,24)/t16-/m0/s1. The Balaban J connectivity index is 1.53. The minimum Gasteiger partial charge on any atom is -0.378 e. The highest BCUT2D eigenvalue weighted by atomic mass is 32.2. The fraction of sp³-hybridized carbons (Fsp3) is 0.619. The summed E-state index contributed by atoms with van der Waals surface area (Å²) in [6.07, 6.45) is 5.97. The first-order valence-electron chi connectivity index (χ1n) is 11.5. The summed E-state index contributed by atoms with van der Waals surface area (Å²) in [5.74, 6) is 1.89. The molecule has 0 aromatic carbocycles. The second-order valence-corrected chi connectivity index (χ2v) is 10.9. The molecule has 3 aliphatic heterocycles. The Hall–Kier alpha value is -2.57. The Labute approximate surface area is 194 Å². The normalized spacial score (nSPS) is 21.9. The van der Waals surface area contributed by atoms with Gasteiger partial charge in [0.1, 0.15) is 5.82 Å². The highest BCUT2D eigenvalue weighted by Crippen LogP contribution is 2.37. The molecule has 0 unspecified atom stereocenters. The Morgan fingerprint density at radius 3 is 2.61 bits per heavy atom. The lowest BCUT2D eigenvalue weighted by Crippen LogP contribution is -2.50. The molecule has 3 aliphatic rings. The third kappa shape index (κ3) is 4.34. The van der Waals surface area contributed by atoms with E-state index < -0.39 is 10.0 Å². The molecule has 0 amide bonds. The van der Waals surface area contributed by atoms with Crippen LogP contribution in [0.1, 0.15) is 25.3 Å². The maximum Gasteiger partial charge on any atom is 0.228 e. The van der Waals surface area contributed by atoms with Gasteiger partial charge in [-0.15, -0.1) is 0 Å². The summed E-state index contributed by atoms with van der Waals surface area (Å²) in [7, 11) is -3.22. The molecule has 2 fully saturated rings. The summed E-state index contributed by atoms with van der Waals surface area (Å²) in [5.41, 5.74) is 8.38. The van der Waals surface area contributed by atoms with Gasteiger partial charge in [-0.3, -0.25) is 0 Å². The van der Waals surface area contributed by atoms with Crippen molar-refractivity contribution >= 4 is 27.7 Å². The lowest BCUT2D eigenvalue weighted by molar-refractivity contribution is 0.122. The minimum absolute atomic E-state index is 0.0873. The van der Waals surface area contributed by atoms with E-state index in [1.807, 2.05) is 0 Å². The molecule has 1 atom stereocenters. The van der Waals surface area contributed by atoms with E-state index in [2.05, 4.69) is 19.8 Å². The van der Waals surface area contributed by atoms with Crippen LogP contribution in [-0.2, 0) is 21.2 Å². The van der Waals surface area contributed by atoms with E-state index in [1.165, 1.54) is 0 Å². The summed E-state index contributed by atoms with van der Waals surface area (Å²) in [6, 6.07) is 0.0873. The zero-order chi connectivity index (χ0) is 23.0. The lowest BCUT2D eigenvalue weighted by atomic mass is 10.1. The number of nitrogens with two attached hydrogens (primary N) is 1. The molecule has 12 heteroatoms. The maximum atomic E-state index is 12.5. The average molecular weight is 475 g/mol. The molecule has 0 saturated carbocycles. The van der Waals surface area contributed by atoms with Crippen molar-refractivity contribution < 1.29 is 13.2 Å². The zero-order valence-corrected chi connectivity index (χ0v) is 19.7. The maximum absolute atomic E-state index is 12.5. The number of sulfonamides is 1. The van der Waals surface area contributed by atoms with E-state index in [0.717, 1.165) is 61.5 Å². The first kappa shape index (κ1) is 22.2. The number of nitrogens with zero attached hydrogens (tertiary/aromatic N) is 7. The topological polar surface area (TPSA) is 131 Å². The van der Waals surface area contributed by atoms with Crippen LogP contribution >= 0.6 is 0 Å². The number of morpholine rings is 1. The summed E-state index contributed by atoms with van der Waals surface area (Å²) < 4.78 is 32.2. The second-order valence-electron chi connectivity index (χ2n) is 8.60. The lowest BCUT2D eigenvalue weighted by Gasteiger charge is -2.38. The summed E-state index contributed by atoms with van der Waals surface area (Å²) >= 11 is 0. The fourth-order valence-corrected chi connectivity index (χ4v) is 6.01. The van der Waals surface area contributed by atoms with Gasteiger partial charge in [0.25, 0.3) is 0 Å². The molecular weight excluding hydrogens is 444 g/mol. The first-order chi connectivity index (χ1) is 16.0. The van der Waals surface area contributed by atoms with Crippen molar-refractivity contribution in [3.05, 3.63) is 18.0 Å². The predicted molar refractivity (Wildman–Crippen MR) is 126 cm³/mol. The molecule has 11 nitrogen and oxygen atoms in total. The van der Waals surface area contributed by atoms with Crippen LogP contribution in [0.2, 0.25) is 0 Å². The van der Waals surface area contributed by atoms with Gasteiger partial charge >= 0.3 is 0 Å². The Morgan fingerprint density at radius 1 is 1.12 bits per heavy atom. The zero-order valence-electron chi connectivity index (χ0n) is 18.9. The number of fused-ring (bicyclic) bond motifs is 1. The SMILES string of the molecule is CCS(=O)(=O)N1CCC[C@H](N2CCc3c(-c4cnc(N)nc4)nc(N4CCOCC4)nc32)C1. The smallest absolute Gasteiger partial charge is 0.228 e. The Kier molecular flexibility index (Phi) is 6.06. The van der Waals surface area contributed by atoms with Gasteiger partial charge < -0.3 is 20.3 Å². The average Bonchev–Trinajstić information content (AvgIpc) is 3.29. The molecule has 0 radical (unpaired) electrons. The third-order valence-corrected chi connectivity index (χ3v) is 8.49. The van der Waals surface area contributed by atoms with Crippen LogP contribution in [0.15, 0.2) is 12.4 Å². The van der Waals surface area contributed by atoms with Crippen molar-refractivity contribution in [1.82, 2.24) is 24.2 Å². The van der Waals surface area contributed by atoms with Gasteiger partial charge in [0, 0.05) is 62.3 Å². The van der Waals surface area contributed by atoms with Gasteiger partial charge in [-0.2, -0.15) is 9.29 Å². The molecule has 5 heterocycles. The molecule has 178 valence electrons. The van der Waals surface area contributed by atoms with Crippen molar-refractivity contribution in [1.29, 1.82) is 0 Å². The summed E-state index contributed by atoms with van der Waals surface area (Å²) in [5, 5.41) is 0. The number of hydrogen-bond donors (Lipinski definition) is 1. The quantitative estimate of drug-likeness (QED) is 0.655. The third-order valence-electron chi connectivity index (χ3n) is 6.65. The van der Waals surface area contributed by atoms with E-state index in [9.17, 15) is 8.42 Å². The predicted octanol–water partition coefficient (Wildman–Crippen LogP) is 0.529. The molecule has 2 N–H and O–H groups in total. The van der Waals surface area contributed by atoms with E-state index in [0.29, 0.717) is 32.3 Å². The van der Waals surface area contributed by atoms with Gasteiger partial charge in [0.2, 0.25) is 21.9 Å². The van der Waals surface area contributed by atoms with Crippen LogP contribution in [0.5, 0.6) is 0 Å². The fourth-order valence-electron chi connectivity index (χ4n) is 4.84. The minimum atomic E-state index is -3.22. The van der Waals surface area contributed by atoms with Crippen LogP contribution < -0.4 is 15.5 Å². The summed E-state index contributed by atoms with van der Waals surface area (Å²) in [6.45, 7) is 6.28. The number of rotatable bonds is 5. The second kappa shape index (κ2) is 8.99. The Morgan fingerprint density at radius 2 is 1.88 bits per heavy atom. The molecule has 2 aromatic rings. The van der Waals surface area contributed by atoms with Crippen molar-refractivity contribution in [3.8, 4) is 11.3 Å². The molecule has 2 saturated heterocycles. The van der Waals surface area contributed by atoms with Crippen LogP contribution in [0.4, 0.5) is 17.7 Å². The van der Waals surface area contributed by atoms with Gasteiger partial charge in [-0.05, 0) is 26.2 Å². The van der Waals surface area contributed by atoms with Gasteiger partial charge in [0.05, 0.1) is 24.7 Å². The number of ether oxygens (including phenoxy) is 1. The van der Waals surface area contributed by atoms with Crippen molar-refractivity contribution in [2.24, 2.45) is 0 Å². The van der Waals surface area contributed by atoms with Crippen LogP contribution in [-0.4, -0.2) is 90.4 Å². The number of anilines is 3. The van der Waals surface area contributed by atoms with Crippen molar-refractivity contribution in [2.75, 3.05) is 67.2 Å². The van der Waals surface area contributed by atoms with Crippen molar-refractivity contribution in [3.63, 3.8) is 0 Å². The first-order valence-corrected chi connectivity index (χ1v) is 13.1. The van der Waals surface area contributed by atoms with Gasteiger partial charge in [0.15, 0.2) is 0 Å². The molecule has 0 spiro atoms. The number of piperidine rings is 1. The van der Waals surface area contributed by atoms with E-state index in [-0.39, 0.29) is 17.7 Å². The van der Waals surface area contributed by atoms with Crippen LogP contribution in [0.25, 0.3) is 11.3 Å². The largest absolute Gasteiger partial charge is 0.378 e. The van der Waals surface area contributed by atoms with E-state index in [1.54, 1.807) is 23.6 Å². The van der Waals surface area contributed by atoms with E-state index in [4.69, 9.17) is 20.4 Å². The highest BCUT2D eigenvalue weighted by molar-refractivity contribution is 7.89. The Bertz CT molecular complexity index is 1110. The molecule has 0 aliphatic carbocycles. The number of hydrogen-bond acceptors (Lipinski definition) is 10. The molecule has 5 rings (SSSR count). The molecule has 2 aromatic heterocycles. The number of nitrogen functional groups attached to an aromatic ring is 1. The molecular formula is C21H30N8O3S. The van der Waals surface area contributed by atoms with Crippen molar-refractivity contribution in [2.45, 2.75) is 32.2 Å². The van der Waals surface area contributed by atoms with E-state index >= 15 is 0 Å². The van der Waals surface area contributed by atoms with Gasteiger partial charge in [-0.25, -0.2) is 23.4 Å². The summed E-state index contributed by atoms with van der Waals surface area (Å²) in [4.78, 5) is 22.7. The van der Waals surface area contributed by atoms with Gasteiger partial charge in [-0.1, -0.05) is 0 Å². The number of aromatic nitrogens is 4. The van der Waals surface area contributed by atoms with Crippen LogP contribution in [0.3, 0.4) is 0 Å². The molecule has 0 bridgehead atoms. The monoisotopic (exact) mass is 474 g/mol.